The minimum Gasteiger partial charge on any atom is -0.497 e. The van der Waals surface area contributed by atoms with Crippen LogP contribution in [0.3, 0.4) is 0 Å². The van der Waals surface area contributed by atoms with E-state index in [4.69, 9.17) is 15.7 Å². The number of aromatic nitrogens is 3. The Kier molecular flexibility index (Phi) is 3.68. The van der Waals surface area contributed by atoms with Crippen molar-refractivity contribution in [2.24, 2.45) is 0 Å². The number of methoxy groups -OCH3 is 1. The number of nitrogens with zero attached hydrogens (tertiary/aromatic N) is 4. The second kappa shape index (κ2) is 5.83. The van der Waals surface area contributed by atoms with Crippen LogP contribution >= 0.6 is 0 Å². The standard InChI is InChI=1S/C16H10N6O3/c1-25-9-4-2-8(3-5-9)22-16(24)12-13(19)10(6-17)15(23)20-14(12)11(7-18)21-22/h2-5H,1H3,(H3,19,20,23). The molecule has 3 aromatic rings. The molecule has 0 radical (unpaired) electrons. The molecule has 3 rings (SSSR count). The van der Waals surface area contributed by atoms with Crippen LogP contribution in [0.15, 0.2) is 33.9 Å². The summed E-state index contributed by atoms with van der Waals surface area (Å²) in [7, 11) is 1.50. The van der Waals surface area contributed by atoms with Gasteiger partial charge in [-0.2, -0.15) is 20.3 Å². The van der Waals surface area contributed by atoms with E-state index in [1.807, 2.05) is 6.07 Å². The van der Waals surface area contributed by atoms with Gasteiger partial charge in [0, 0.05) is 0 Å². The molecule has 25 heavy (non-hydrogen) atoms. The number of anilines is 1. The van der Waals surface area contributed by atoms with E-state index >= 15 is 0 Å². The largest absolute Gasteiger partial charge is 0.497 e. The van der Waals surface area contributed by atoms with Crippen LogP contribution in [-0.4, -0.2) is 21.9 Å². The number of nitrogen functional groups attached to an aromatic ring is 1. The van der Waals surface area contributed by atoms with Gasteiger partial charge in [-0.1, -0.05) is 0 Å². The minimum absolute atomic E-state index is 0.0984. The normalized spacial score (nSPS) is 10.2. The average molecular weight is 334 g/mol. The maximum absolute atomic E-state index is 12.8. The van der Waals surface area contributed by atoms with Crippen LogP contribution in [0.5, 0.6) is 5.75 Å². The Morgan fingerprint density at radius 1 is 1.20 bits per heavy atom. The Morgan fingerprint density at radius 3 is 2.44 bits per heavy atom. The van der Waals surface area contributed by atoms with Gasteiger partial charge < -0.3 is 15.5 Å². The van der Waals surface area contributed by atoms with Crippen molar-refractivity contribution in [3.05, 3.63) is 56.2 Å². The zero-order valence-corrected chi connectivity index (χ0v) is 12.9. The molecular weight excluding hydrogens is 324 g/mol. The lowest BCUT2D eigenvalue weighted by Crippen LogP contribution is -2.26. The molecule has 0 unspecified atom stereocenters. The number of fused-ring (bicyclic) bond motifs is 1. The third-order valence-electron chi connectivity index (χ3n) is 3.63. The summed E-state index contributed by atoms with van der Waals surface area (Å²) in [5.74, 6) is 0.578. The monoisotopic (exact) mass is 334 g/mol. The first kappa shape index (κ1) is 15.8. The molecule has 0 aliphatic rings. The summed E-state index contributed by atoms with van der Waals surface area (Å²) in [6.07, 6.45) is 0. The van der Waals surface area contributed by atoms with Crippen molar-refractivity contribution < 1.29 is 4.74 Å². The molecule has 0 aliphatic carbocycles. The second-order valence-corrected chi connectivity index (χ2v) is 4.98. The number of ether oxygens (including phenoxy) is 1. The maximum atomic E-state index is 12.8. The summed E-state index contributed by atoms with van der Waals surface area (Å²) >= 11 is 0. The zero-order valence-electron chi connectivity index (χ0n) is 12.9. The van der Waals surface area contributed by atoms with Gasteiger partial charge in [-0.15, -0.1) is 0 Å². The van der Waals surface area contributed by atoms with E-state index < -0.39 is 11.1 Å². The van der Waals surface area contributed by atoms with Crippen LogP contribution in [0.25, 0.3) is 16.6 Å². The molecule has 0 saturated carbocycles. The number of nitrogens with one attached hydrogen (secondary N) is 1. The van der Waals surface area contributed by atoms with Gasteiger partial charge in [-0.3, -0.25) is 9.59 Å². The molecule has 0 atom stereocenters. The molecule has 0 bridgehead atoms. The summed E-state index contributed by atoms with van der Waals surface area (Å²) < 4.78 is 6.04. The predicted molar refractivity (Wildman–Crippen MR) is 88.4 cm³/mol. The zero-order chi connectivity index (χ0) is 18.1. The highest BCUT2D eigenvalue weighted by Gasteiger charge is 2.19. The van der Waals surface area contributed by atoms with Gasteiger partial charge in [0.05, 0.1) is 29.4 Å². The Balaban J connectivity index is 2.45. The quantitative estimate of drug-likeness (QED) is 0.688. The fraction of sp³-hybridized carbons (Fsp3) is 0.0625. The van der Waals surface area contributed by atoms with Crippen LogP contribution in [0, 0.1) is 22.7 Å². The van der Waals surface area contributed by atoms with E-state index in [9.17, 15) is 14.9 Å². The Bertz CT molecular complexity index is 1190. The summed E-state index contributed by atoms with van der Waals surface area (Å²) in [4.78, 5) is 27.0. The maximum Gasteiger partial charge on any atom is 0.283 e. The highest BCUT2D eigenvalue weighted by Crippen LogP contribution is 2.20. The molecule has 9 heteroatoms. The molecule has 3 N–H and O–H groups in total. The number of benzene rings is 1. The molecule has 0 spiro atoms. The van der Waals surface area contributed by atoms with Crippen LogP contribution in [0.2, 0.25) is 0 Å². The molecular formula is C16H10N6O3. The number of hydrogen-bond donors (Lipinski definition) is 2. The number of pyridine rings is 1. The highest BCUT2D eigenvalue weighted by molar-refractivity contribution is 5.94. The number of rotatable bonds is 2. The average Bonchev–Trinajstić information content (AvgIpc) is 2.62. The highest BCUT2D eigenvalue weighted by atomic mass is 16.5. The predicted octanol–water partition coefficient (Wildman–Crippen LogP) is 0.408. The van der Waals surface area contributed by atoms with Crippen LogP contribution in [0.4, 0.5) is 5.69 Å². The van der Waals surface area contributed by atoms with E-state index in [1.54, 1.807) is 30.3 Å². The number of nitrogens with two attached hydrogens (primary N) is 1. The van der Waals surface area contributed by atoms with Crippen molar-refractivity contribution >= 4 is 16.6 Å². The van der Waals surface area contributed by atoms with Crippen molar-refractivity contribution in [3.63, 3.8) is 0 Å². The fourth-order valence-corrected chi connectivity index (χ4v) is 2.41. The minimum atomic E-state index is -0.785. The SMILES string of the molecule is COc1ccc(-n2nc(C#N)c3[nH]c(=O)c(C#N)c(N)c3c2=O)cc1. The van der Waals surface area contributed by atoms with Crippen molar-refractivity contribution in [3.8, 4) is 23.6 Å². The van der Waals surface area contributed by atoms with Gasteiger partial charge in [0.15, 0.2) is 5.69 Å². The molecule has 0 amide bonds. The third-order valence-corrected chi connectivity index (χ3v) is 3.63. The summed E-state index contributed by atoms with van der Waals surface area (Å²) in [5, 5.41) is 22.2. The van der Waals surface area contributed by atoms with E-state index in [0.29, 0.717) is 11.4 Å². The molecule has 0 aliphatic heterocycles. The molecule has 0 saturated heterocycles. The lowest BCUT2D eigenvalue weighted by molar-refractivity contribution is 0.414. The Hall–Kier alpha value is -4.11. The topological polar surface area (TPSA) is 151 Å². The second-order valence-electron chi connectivity index (χ2n) is 4.98. The molecule has 1 aromatic carbocycles. The first-order valence-corrected chi connectivity index (χ1v) is 6.95. The van der Waals surface area contributed by atoms with Gasteiger partial charge in [0.25, 0.3) is 11.1 Å². The Morgan fingerprint density at radius 2 is 1.88 bits per heavy atom. The van der Waals surface area contributed by atoms with Gasteiger partial charge in [0.2, 0.25) is 0 Å². The Labute approximate surface area is 140 Å². The molecule has 122 valence electrons. The van der Waals surface area contributed by atoms with Gasteiger partial charge >= 0.3 is 0 Å². The van der Waals surface area contributed by atoms with Crippen molar-refractivity contribution in [1.82, 2.24) is 14.8 Å². The number of H-pyrrole nitrogens is 1. The molecule has 2 heterocycles. The van der Waals surface area contributed by atoms with Crippen LogP contribution in [0.1, 0.15) is 11.3 Å². The van der Waals surface area contributed by atoms with Gasteiger partial charge in [0.1, 0.15) is 23.5 Å². The van der Waals surface area contributed by atoms with E-state index in [2.05, 4.69) is 10.1 Å². The van der Waals surface area contributed by atoms with Crippen molar-refractivity contribution in [2.75, 3.05) is 12.8 Å². The fourth-order valence-electron chi connectivity index (χ4n) is 2.41. The van der Waals surface area contributed by atoms with Crippen LogP contribution in [-0.2, 0) is 0 Å². The lowest BCUT2D eigenvalue weighted by Gasteiger charge is -2.10. The molecule has 0 fully saturated rings. The van der Waals surface area contributed by atoms with Crippen molar-refractivity contribution in [1.29, 1.82) is 10.5 Å². The van der Waals surface area contributed by atoms with Gasteiger partial charge in [-0.25, -0.2) is 0 Å². The van der Waals surface area contributed by atoms with E-state index in [0.717, 1.165) is 4.68 Å². The molecule has 2 aromatic heterocycles. The van der Waals surface area contributed by atoms with E-state index in [-0.39, 0.29) is 27.8 Å². The summed E-state index contributed by atoms with van der Waals surface area (Å²) in [5.41, 5.74) is 3.79. The third kappa shape index (κ3) is 2.36. The van der Waals surface area contributed by atoms with Crippen LogP contribution < -0.4 is 21.6 Å². The van der Waals surface area contributed by atoms with Gasteiger partial charge in [-0.05, 0) is 24.3 Å². The molecule has 9 nitrogen and oxygen atoms in total. The first-order valence-electron chi connectivity index (χ1n) is 6.95. The summed E-state index contributed by atoms with van der Waals surface area (Å²) in [6.45, 7) is 0. The lowest BCUT2D eigenvalue weighted by atomic mass is 10.1. The van der Waals surface area contributed by atoms with E-state index in [1.165, 1.54) is 7.11 Å². The first-order chi connectivity index (χ1) is 12.0. The summed E-state index contributed by atoms with van der Waals surface area (Å²) in [6, 6.07) is 9.87. The number of nitriles is 2. The smallest absolute Gasteiger partial charge is 0.283 e. The number of hydrogen-bond acceptors (Lipinski definition) is 7. The van der Waals surface area contributed by atoms with Crippen molar-refractivity contribution in [2.45, 2.75) is 0 Å². The number of aromatic amines is 1.